The van der Waals surface area contributed by atoms with Crippen LogP contribution in [0.4, 0.5) is 10.5 Å². The summed E-state index contributed by atoms with van der Waals surface area (Å²) in [5, 5.41) is 9.19. The Hall–Kier alpha value is -2.90. The highest BCUT2D eigenvalue weighted by atomic mass is 35.5. The molecule has 172 valence electrons. The lowest BCUT2D eigenvalue weighted by atomic mass is 9.97. The van der Waals surface area contributed by atoms with Crippen LogP contribution in [-0.4, -0.2) is 41.5 Å². The van der Waals surface area contributed by atoms with Gasteiger partial charge in [-0.25, -0.2) is 9.78 Å². The number of rotatable bonds is 6. The van der Waals surface area contributed by atoms with Gasteiger partial charge in [-0.2, -0.15) is 0 Å². The quantitative estimate of drug-likeness (QED) is 0.495. The molecule has 0 radical (unpaired) electrons. The van der Waals surface area contributed by atoms with E-state index in [4.69, 9.17) is 11.6 Å². The number of piperidine rings is 1. The van der Waals surface area contributed by atoms with Gasteiger partial charge in [0.2, 0.25) is 5.91 Å². The minimum Gasteiger partial charge on any atom is -0.342 e. The first-order valence-corrected chi connectivity index (χ1v) is 12.3. The molecule has 6 nitrogen and oxygen atoms in total. The SMILES string of the molecule is Cc1ccc(NC(=O)NCC2CCCN(C(=O)Cc3csc(-c4ccccc4Cl)n3)C2)cc1. The molecular weight excluding hydrogens is 456 g/mol. The topological polar surface area (TPSA) is 74.3 Å². The summed E-state index contributed by atoms with van der Waals surface area (Å²) in [6.07, 6.45) is 2.19. The summed E-state index contributed by atoms with van der Waals surface area (Å²) in [6, 6.07) is 15.0. The normalized spacial score (nSPS) is 15.8. The van der Waals surface area contributed by atoms with E-state index in [1.807, 2.05) is 65.7 Å². The minimum atomic E-state index is -0.225. The van der Waals surface area contributed by atoms with Gasteiger partial charge in [0.15, 0.2) is 0 Å². The zero-order chi connectivity index (χ0) is 23.2. The fourth-order valence-electron chi connectivity index (χ4n) is 3.92. The number of nitrogens with one attached hydrogen (secondary N) is 2. The maximum atomic E-state index is 12.9. The Bertz CT molecular complexity index is 1120. The predicted molar refractivity (Wildman–Crippen MR) is 134 cm³/mol. The summed E-state index contributed by atoms with van der Waals surface area (Å²) in [5.41, 5.74) is 3.55. The molecule has 0 spiro atoms. The first-order valence-electron chi connectivity index (χ1n) is 11.1. The Morgan fingerprint density at radius 1 is 1.18 bits per heavy atom. The molecule has 33 heavy (non-hydrogen) atoms. The van der Waals surface area contributed by atoms with Crippen LogP contribution in [0.15, 0.2) is 53.9 Å². The fraction of sp³-hybridized carbons (Fsp3) is 0.320. The number of likely N-dealkylation sites (tertiary alicyclic amines) is 1. The molecule has 2 N–H and O–H groups in total. The van der Waals surface area contributed by atoms with Gasteiger partial charge >= 0.3 is 6.03 Å². The molecule has 3 amide bonds. The first kappa shape index (κ1) is 23.3. The molecule has 0 bridgehead atoms. The molecule has 2 aromatic carbocycles. The van der Waals surface area contributed by atoms with Crippen molar-refractivity contribution in [2.45, 2.75) is 26.2 Å². The fourth-order valence-corrected chi connectivity index (χ4v) is 5.06. The molecule has 8 heteroatoms. The van der Waals surface area contributed by atoms with Crippen molar-refractivity contribution in [2.24, 2.45) is 5.92 Å². The number of carbonyl (C=O) groups is 2. The lowest BCUT2D eigenvalue weighted by molar-refractivity contribution is -0.132. The summed E-state index contributed by atoms with van der Waals surface area (Å²) in [4.78, 5) is 31.6. The zero-order valence-electron chi connectivity index (χ0n) is 18.5. The highest BCUT2D eigenvalue weighted by Crippen LogP contribution is 2.30. The van der Waals surface area contributed by atoms with Crippen LogP contribution in [-0.2, 0) is 11.2 Å². The Kier molecular flexibility index (Phi) is 7.62. The summed E-state index contributed by atoms with van der Waals surface area (Å²) < 4.78 is 0. The van der Waals surface area contributed by atoms with Crippen molar-refractivity contribution in [3.05, 3.63) is 70.2 Å². The van der Waals surface area contributed by atoms with Crippen LogP contribution in [0.5, 0.6) is 0 Å². The Labute approximate surface area is 203 Å². The number of aryl methyl sites for hydroxylation is 1. The number of hydrogen-bond donors (Lipinski definition) is 2. The maximum Gasteiger partial charge on any atom is 0.319 e. The average molecular weight is 483 g/mol. The third-order valence-corrected chi connectivity index (χ3v) is 6.97. The van der Waals surface area contributed by atoms with Gasteiger partial charge in [-0.05, 0) is 43.9 Å². The zero-order valence-corrected chi connectivity index (χ0v) is 20.1. The number of halogens is 1. The number of benzene rings is 2. The number of thiazole rings is 1. The van der Waals surface area contributed by atoms with Crippen LogP contribution < -0.4 is 10.6 Å². The van der Waals surface area contributed by atoms with Crippen LogP contribution in [0.3, 0.4) is 0 Å². The van der Waals surface area contributed by atoms with Gasteiger partial charge in [0, 0.05) is 36.3 Å². The van der Waals surface area contributed by atoms with Gasteiger partial charge in [0.25, 0.3) is 0 Å². The van der Waals surface area contributed by atoms with Crippen molar-refractivity contribution < 1.29 is 9.59 Å². The van der Waals surface area contributed by atoms with E-state index in [0.717, 1.165) is 46.9 Å². The van der Waals surface area contributed by atoms with Crippen LogP contribution >= 0.6 is 22.9 Å². The van der Waals surface area contributed by atoms with Crippen LogP contribution in [0.25, 0.3) is 10.6 Å². The molecule has 2 heterocycles. The highest BCUT2D eigenvalue weighted by Gasteiger charge is 2.24. The number of carbonyl (C=O) groups excluding carboxylic acids is 2. The molecule has 1 aromatic heterocycles. The number of urea groups is 1. The molecule has 1 aliphatic heterocycles. The Morgan fingerprint density at radius 3 is 2.76 bits per heavy atom. The summed E-state index contributed by atoms with van der Waals surface area (Å²) in [7, 11) is 0. The third kappa shape index (κ3) is 6.33. The summed E-state index contributed by atoms with van der Waals surface area (Å²) in [6.45, 7) is 3.93. The summed E-state index contributed by atoms with van der Waals surface area (Å²) in [5.74, 6) is 0.306. The Morgan fingerprint density at radius 2 is 1.97 bits per heavy atom. The average Bonchev–Trinajstić information content (AvgIpc) is 3.28. The van der Waals surface area contributed by atoms with Gasteiger partial charge in [-0.3, -0.25) is 4.79 Å². The van der Waals surface area contributed by atoms with E-state index in [9.17, 15) is 9.59 Å². The highest BCUT2D eigenvalue weighted by molar-refractivity contribution is 7.13. The van der Waals surface area contributed by atoms with E-state index < -0.39 is 0 Å². The molecule has 3 aromatic rings. The van der Waals surface area contributed by atoms with E-state index in [-0.39, 0.29) is 24.3 Å². The monoisotopic (exact) mass is 482 g/mol. The van der Waals surface area contributed by atoms with Crippen LogP contribution in [0, 0.1) is 12.8 Å². The van der Waals surface area contributed by atoms with Gasteiger partial charge in [-0.1, -0.05) is 47.5 Å². The summed E-state index contributed by atoms with van der Waals surface area (Å²) >= 11 is 7.77. The van der Waals surface area contributed by atoms with Crippen molar-refractivity contribution >= 4 is 40.6 Å². The lowest BCUT2D eigenvalue weighted by Crippen LogP contribution is -2.44. The number of aromatic nitrogens is 1. The molecule has 0 saturated carbocycles. The standard InChI is InChI=1S/C25H27ClN4O2S/c1-17-8-10-19(11-9-17)29-25(32)27-14-18-5-4-12-30(15-18)23(31)13-20-16-33-24(28-20)21-6-2-3-7-22(21)26/h2-3,6-11,16,18H,4-5,12-15H2,1H3,(H2,27,29,32). The molecule has 1 fully saturated rings. The second kappa shape index (κ2) is 10.8. The van der Waals surface area contributed by atoms with Crippen molar-refractivity contribution in [3.8, 4) is 10.6 Å². The second-order valence-electron chi connectivity index (χ2n) is 8.35. The third-order valence-electron chi connectivity index (χ3n) is 5.72. The van der Waals surface area contributed by atoms with Gasteiger partial charge in [-0.15, -0.1) is 11.3 Å². The second-order valence-corrected chi connectivity index (χ2v) is 9.61. The molecule has 1 unspecified atom stereocenters. The molecule has 4 rings (SSSR count). The van der Waals surface area contributed by atoms with Crippen LogP contribution in [0.2, 0.25) is 5.02 Å². The minimum absolute atomic E-state index is 0.0693. The number of amides is 3. The molecule has 1 aliphatic rings. The Balaban J connectivity index is 1.27. The van der Waals surface area contributed by atoms with Crippen molar-refractivity contribution in [1.82, 2.24) is 15.2 Å². The van der Waals surface area contributed by atoms with E-state index in [2.05, 4.69) is 15.6 Å². The number of nitrogens with zero attached hydrogens (tertiary/aromatic N) is 2. The molecule has 0 aliphatic carbocycles. The predicted octanol–water partition coefficient (Wildman–Crippen LogP) is 5.37. The van der Waals surface area contributed by atoms with E-state index in [1.54, 1.807) is 0 Å². The van der Waals surface area contributed by atoms with E-state index >= 15 is 0 Å². The number of anilines is 1. The molecule has 1 atom stereocenters. The van der Waals surface area contributed by atoms with E-state index in [1.165, 1.54) is 11.3 Å². The maximum absolute atomic E-state index is 12.9. The first-order chi connectivity index (χ1) is 16.0. The van der Waals surface area contributed by atoms with Gasteiger partial charge in [0.05, 0.1) is 17.1 Å². The smallest absolute Gasteiger partial charge is 0.319 e. The van der Waals surface area contributed by atoms with Gasteiger partial charge < -0.3 is 15.5 Å². The number of hydrogen-bond acceptors (Lipinski definition) is 4. The van der Waals surface area contributed by atoms with Crippen molar-refractivity contribution in [3.63, 3.8) is 0 Å². The van der Waals surface area contributed by atoms with Crippen molar-refractivity contribution in [2.75, 3.05) is 25.0 Å². The van der Waals surface area contributed by atoms with Crippen molar-refractivity contribution in [1.29, 1.82) is 0 Å². The van der Waals surface area contributed by atoms with Gasteiger partial charge in [0.1, 0.15) is 5.01 Å². The molecular formula is C25H27ClN4O2S. The van der Waals surface area contributed by atoms with E-state index in [0.29, 0.717) is 18.1 Å². The molecule has 1 saturated heterocycles. The lowest BCUT2D eigenvalue weighted by Gasteiger charge is -2.32. The van der Waals surface area contributed by atoms with Crippen LogP contribution in [0.1, 0.15) is 24.1 Å². The largest absolute Gasteiger partial charge is 0.342 e.